The third kappa shape index (κ3) is 4.40. The third-order valence-electron chi connectivity index (χ3n) is 2.63. The lowest BCUT2D eigenvalue weighted by Gasteiger charge is -2.04. The van der Waals surface area contributed by atoms with E-state index in [2.05, 4.69) is 4.98 Å². The summed E-state index contributed by atoms with van der Waals surface area (Å²) in [4.78, 5) is 4.15. The van der Waals surface area contributed by atoms with Crippen molar-refractivity contribution < 1.29 is 8.42 Å². The van der Waals surface area contributed by atoms with Crippen LogP contribution in [0.15, 0.2) is 47.9 Å². The maximum absolute atomic E-state index is 12.0. The van der Waals surface area contributed by atoms with E-state index in [1.807, 2.05) is 48.1 Å². The van der Waals surface area contributed by atoms with Crippen LogP contribution in [-0.2, 0) is 22.6 Å². The van der Waals surface area contributed by atoms with Gasteiger partial charge >= 0.3 is 0 Å². The lowest BCUT2D eigenvalue weighted by Crippen LogP contribution is -2.11. The van der Waals surface area contributed by atoms with E-state index in [4.69, 9.17) is 0 Å². The normalized spacial score (nSPS) is 11.6. The van der Waals surface area contributed by atoms with Crippen LogP contribution in [0.3, 0.4) is 0 Å². The molecule has 1 aromatic heterocycles. The van der Waals surface area contributed by atoms with Gasteiger partial charge in [0.25, 0.3) is 0 Å². The summed E-state index contributed by atoms with van der Waals surface area (Å²) in [5.74, 6) is 0.800. The van der Waals surface area contributed by atoms with Crippen molar-refractivity contribution in [1.82, 2.24) is 9.55 Å². The van der Waals surface area contributed by atoms with Gasteiger partial charge in [-0.2, -0.15) is 0 Å². The fourth-order valence-corrected chi connectivity index (χ4v) is 4.43. The Morgan fingerprint density at radius 3 is 2.63 bits per heavy atom. The molecule has 1 heterocycles. The molecule has 0 aliphatic heterocycles. The molecule has 0 spiro atoms. The Kier molecular flexibility index (Phi) is 4.66. The number of hydrogen-bond donors (Lipinski definition) is 0. The molecule has 0 atom stereocenters. The number of hydrogen-bond acceptors (Lipinski definition) is 4. The van der Waals surface area contributed by atoms with E-state index in [1.54, 1.807) is 6.20 Å². The maximum atomic E-state index is 12.0. The second-order valence-electron chi connectivity index (χ2n) is 4.25. The molecular formula is C13H16N2O2S2. The predicted octanol–water partition coefficient (Wildman–Crippen LogP) is 2.13. The SMILES string of the molecule is Cn1ccnc1SCCS(=O)(=O)Cc1ccccc1. The Hall–Kier alpha value is -1.27. The molecule has 2 aromatic rings. The van der Waals surface area contributed by atoms with Gasteiger partial charge in [0.15, 0.2) is 15.0 Å². The predicted molar refractivity (Wildman–Crippen MR) is 77.9 cm³/mol. The van der Waals surface area contributed by atoms with Gasteiger partial charge < -0.3 is 4.57 Å². The molecule has 0 saturated carbocycles. The zero-order valence-corrected chi connectivity index (χ0v) is 12.3. The quantitative estimate of drug-likeness (QED) is 0.766. The average molecular weight is 296 g/mol. The van der Waals surface area contributed by atoms with E-state index in [-0.39, 0.29) is 11.5 Å². The Bertz CT molecular complexity index is 621. The minimum absolute atomic E-state index is 0.106. The van der Waals surface area contributed by atoms with Crippen molar-refractivity contribution in [3.8, 4) is 0 Å². The number of benzene rings is 1. The second-order valence-corrected chi connectivity index (χ2v) is 7.49. The Morgan fingerprint density at radius 2 is 2.00 bits per heavy atom. The van der Waals surface area contributed by atoms with Gasteiger partial charge in [-0.25, -0.2) is 13.4 Å². The molecule has 0 saturated heterocycles. The molecule has 4 nitrogen and oxygen atoms in total. The summed E-state index contributed by atoms with van der Waals surface area (Å²) >= 11 is 1.46. The fourth-order valence-electron chi connectivity index (χ4n) is 1.65. The molecule has 0 aliphatic carbocycles. The van der Waals surface area contributed by atoms with E-state index in [0.717, 1.165) is 10.7 Å². The number of nitrogens with zero attached hydrogens (tertiary/aromatic N) is 2. The van der Waals surface area contributed by atoms with E-state index < -0.39 is 9.84 Å². The van der Waals surface area contributed by atoms with Gasteiger partial charge in [0.2, 0.25) is 0 Å². The first kappa shape index (κ1) is 14.1. The van der Waals surface area contributed by atoms with Crippen molar-refractivity contribution in [2.45, 2.75) is 10.9 Å². The average Bonchev–Trinajstić information content (AvgIpc) is 2.76. The van der Waals surface area contributed by atoms with Crippen LogP contribution in [0.25, 0.3) is 0 Å². The van der Waals surface area contributed by atoms with Gasteiger partial charge in [0.05, 0.1) is 11.5 Å². The highest BCUT2D eigenvalue weighted by molar-refractivity contribution is 8.00. The van der Waals surface area contributed by atoms with Crippen molar-refractivity contribution in [1.29, 1.82) is 0 Å². The van der Waals surface area contributed by atoms with Crippen LogP contribution in [0, 0.1) is 0 Å². The van der Waals surface area contributed by atoms with Crippen LogP contribution >= 0.6 is 11.8 Å². The molecule has 0 fully saturated rings. The smallest absolute Gasteiger partial charge is 0.167 e. The number of aryl methyl sites for hydroxylation is 1. The third-order valence-corrected chi connectivity index (χ3v) is 5.55. The van der Waals surface area contributed by atoms with Crippen LogP contribution in [-0.4, -0.2) is 29.5 Å². The number of thioether (sulfide) groups is 1. The first-order chi connectivity index (χ1) is 9.07. The molecule has 0 radical (unpaired) electrons. The summed E-state index contributed by atoms with van der Waals surface area (Å²) in [6.07, 6.45) is 3.56. The summed E-state index contributed by atoms with van der Waals surface area (Å²) < 4.78 is 25.8. The molecule has 6 heteroatoms. The molecular weight excluding hydrogens is 280 g/mol. The monoisotopic (exact) mass is 296 g/mol. The van der Waals surface area contributed by atoms with Crippen molar-refractivity contribution in [3.63, 3.8) is 0 Å². The lowest BCUT2D eigenvalue weighted by molar-refractivity contribution is 0.597. The van der Waals surface area contributed by atoms with Gasteiger partial charge in [-0.15, -0.1) is 0 Å². The lowest BCUT2D eigenvalue weighted by atomic mass is 10.2. The summed E-state index contributed by atoms with van der Waals surface area (Å²) in [6, 6.07) is 9.26. The van der Waals surface area contributed by atoms with Gasteiger partial charge in [-0.3, -0.25) is 0 Å². The summed E-state index contributed by atoms with van der Waals surface area (Å²) in [5, 5.41) is 0.843. The van der Waals surface area contributed by atoms with E-state index in [1.165, 1.54) is 11.8 Å². The molecule has 102 valence electrons. The largest absolute Gasteiger partial charge is 0.329 e. The summed E-state index contributed by atoms with van der Waals surface area (Å²) in [7, 11) is -1.16. The Balaban J connectivity index is 1.86. The molecule has 0 bridgehead atoms. The van der Waals surface area contributed by atoms with Gasteiger partial charge in [-0.1, -0.05) is 42.1 Å². The number of imidazole rings is 1. The highest BCUT2D eigenvalue weighted by atomic mass is 32.2. The summed E-state index contributed by atoms with van der Waals surface area (Å²) in [5.41, 5.74) is 0.837. The molecule has 2 rings (SSSR count). The van der Waals surface area contributed by atoms with Crippen LogP contribution in [0.4, 0.5) is 0 Å². The van der Waals surface area contributed by atoms with Crippen molar-refractivity contribution >= 4 is 21.6 Å². The zero-order chi connectivity index (χ0) is 13.7. The zero-order valence-electron chi connectivity index (χ0n) is 10.7. The van der Waals surface area contributed by atoms with Gasteiger partial charge in [0, 0.05) is 25.2 Å². The number of aromatic nitrogens is 2. The standard InChI is InChI=1S/C13H16N2O2S2/c1-15-8-7-14-13(15)18-9-10-19(16,17)11-12-5-3-2-4-6-12/h2-8H,9-11H2,1H3. The molecule has 1 aromatic carbocycles. The van der Waals surface area contributed by atoms with Gasteiger partial charge in [0.1, 0.15) is 0 Å². The van der Waals surface area contributed by atoms with Crippen LogP contribution in [0.2, 0.25) is 0 Å². The minimum Gasteiger partial charge on any atom is -0.329 e. The molecule has 19 heavy (non-hydrogen) atoms. The van der Waals surface area contributed by atoms with Gasteiger partial charge in [-0.05, 0) is 5.56 Å². The fraction of sp³-hybridized carbons (Fsp3) is 0.308. The van der Waals surface area contributed by atoms with Crippen molar-refractivity contribution in [3.05, 3.63) is 48.3 Å². The maximum Gasteiger partial charge on any atom is 0.167 e. The van der Waals surface area contributed by atoms with E-state index >= 15 is 0 Å². The van der Waals surface area contributed by atoms with E-state index in [9.17, 15) is 8.42 Å². The van der Waals surface area contributed by atoms with E-state index in [0.29, 0.717) is 5.75 Å². The van der Waals surface area contributed by atoms with Crippen LogP contribution < -0.4 is 0 Å². The molecule has 0 unspecified atom stereocenters. The Morgan fingerprint density at radius 1 is 1.26 bits per heavy atom. The highest BCUT2D eigenvalue weighted by Crippen LogP contribution is 2.16. The highest BCUT2D eigenvalue weighted by Gasteiger charge is 2.12. The topological polar surface area (TPSA) is 52.0 Å². The number of sulfone groups is 1. The first-order valence-corrected chi connectivity index (χ1v) is 8.72. The molecule has 0 N–H and O–H groups in total. The number of rotatable bonds is 6. The van der Waals surface area contributed by atoms with Crippen LogP contribution in [0.1, 0.15) is 5.56 Å². The van der Waals surface area contributed by atoms with Crippen LogP contribution in [0.5, 0.6) is 0 Å². The minimum atomic E-state index is -3.06. The molecule has 0 amide bonds. The molecule has 0 aliphatic rings. The summed E-state index contributed by atoms with van der Waals surface area (Å²) in [6.45, 7) is 0. The second kappa shape index (κ2) is 6.25. The first-order valence-electron chi connectivity index (χ1n) is 5.91. The van der Waals surface area contributed by atoms with Crippen molar-refractivity contribution in [2.75, 3.05) is 11.5 Å². The van der Waals surface area contributed by atoms with Crippen molar-refractivity contribution in [2.24, 2.45) is 7.05 Å². The Labute approximate surface area is 117 Å².